The summed E-state index contributed by atoms with van der Waals surface area (Å²) in [6, 6.07) is 19.4. The molecule has 0 radical (unpaired) electrons. The van der Waals surface area contributed by atoms with Crippen molar-refractivity contribution >= 4 is 33.2 Å². The van der Waals surface area contributed by atoms with E-state index in [9.17, 15) is 0 Å². The van der Waals surface area contributed by atoms with Gasteiger partial charge in [0.2, 0.25) is 0 Å². The zero-order chi connectivity index (χ0) is 20.6. The minimum Gasteiger partial charge on any atom is -0.497 e. The zero-order valence-corrected chi connectivity index (χ0v) is 18.7. The molecule has 0 unspecified atom stereocenters. The summed E-state index contributed by atoms with van der Waals surface area (Å²) in [5.74, 6) is 2.25. The van der Waals surface area contributed by atoms with Crippen molar-refractivity contribution < 1.29 is 14.2 Å². The number of hydrogen-bond acceptors (Lipinski definition) is 4. The quantitative estimate of drug-likeness (QED) is 0.373. The van der Waals surface area contributed by atoms with Crippen molar-refractivity contribution in [2.75, 3.05) is 19.0 Å². The van der Waals surface area contributed by atoms with Crippen LogP contribution in [0.2, 0.25) is 5.02 Å². The van der Waals surface area contributed by atoms with Crippen LogP contribution in [0, 0.1) is 0 Å². The second kappa shape index (κ2) is 10.4. The Balaban J connectivity index is 1.71. The predicted molar refractivity (Wildman–Crippen MR) is 121 cm³/mol. The highest BCUT2D eigenvalue weighted by molar-refractivity contribution is 9.10. The molecule has 0 heterocycles. The van der Waals surface area contributed by atoms with E-state index < -0.39 is 0 Å². The van der Waals surface area contributed by atoms with Crippen LogP contribution in [0.25, 0.3) is 0 Å². The van der Waals surface area contributed by atoms with E-state index in [1.54, 1.807) is 7.11 Å². The van der Waals surface area contributed by atoms with Crippen molar-refractivity contribution in [2.24, 2.45) is 0 Å². The topological polar surface area (TPSA) is 39.7 Å². The Morgan fingerprint density at radius 2 is 1.62 bits per heavy atom. The van der Waals surface area contributed by atoms with Crippen molar-refractivity contribution in [3.05, 3.63) is 81.3 Å². The van der Waals surface area contributed by atoms with Gasteiger partial charge in [-0.05, 0) is 66.6 Å². The van der Waals surface area contributed by atoms with Crippen LogP contribution in [0.1, 0.15) is 18.1 Å². The van der Waals surface area contributed by atoms with Crippen molar-refractivity contribution in [3.8, 4) is 17.2 Å². The van der Waals surface area contributed by atoms with Gasteiger partial charge < -0.3 is 19.5 Å². The first-order chi connectivity index (χ1) is 14.1. The maximum absolute atomic E-state index is 6.01. The van der Waals surface area contributed by atoms with Gasteiger partial charge >= 0.3 is 0 Å². The SMILES string of the molecule is CCOc1cc(CNc2ccc(OC)cc2)c(Br)cc1OCc1ccc(Cl)cc1. The highest BCUT2D eigenvalue weighted by atomic mass is 79.9. The maximum atomic E-state index is 6.01. The van der Waals surface area contributed by atoms with Crippen LogP contribution < -0.4 is 19.5 Å². The van der Waals surface area contributed by atoms with E-state index in [4.69, 9.17) is 25.8 Å². The number of benzene rings is 3. The molecule has 0 aliphatic rings. The number of hydrogen-bond donors (Lipinski definition) is 1. The summed E-state index contributed by atoms with van der Waals surface area (Å²) in [4.78, 5) is 0. The van der Waals surface area contributed by atoms with Gasteiger partial charge in [-0.15, -0.1) is 0 Å². The van der Waals surface area contributed by atoms with Gasteiger partial charge in [-0.25, -0.2) is 0 Å². The van der Waals surface area contributed by atoms with Crippen LogP contribution >= 0.6 is 27.5 Å². The van der Waals surface area contributed by atoms with Gasteiger partial charge in [0.05, 0.1) is 13.7 Å². The fourth-order valence-corrected chi connectivity index (χ4v) is 3.33. The van der Waals surface area contributed by atoms with Crippen LogP contribution in [0.5, 0.6) is 17.2 Å². The van der Waals surface area contributed by atoms with Gasteiger partial charge in [0.1, 0.15) is 12.4 Å². The number of nitrogens with one attached hydrogen (secondary N) is 1. The molecule has 152 valence electrons. The van der Waals surface area contributed by atoms with E-state index in [1.807, 2.05) is 67.6 Å². The van der Waals surface area contributed by atoms with Crippen LogP contribution in [0.3, 0.4) is 0 Å². The largest absolute Gasteiger partial charge is 0.497 e. The van der Waals surface area contributed by atoms with Gasteiger partial charge in [-0.2, -0.15) is 0 Å². The Morgan fingerprint density at radius 3 is 2.28 bits per heavy atom. The average molecular weight is 477 g/mol. The number of halogens is 2. The van der Waals surface area contributed by atoms with Crippen LogP contribution in [-0.2, 0) is 13.2 Å². The summed E-state index contributed by atoms with van der Waals surface area (Å²) in [6.07, 6.45) is 0. The van der Waals surface area contributed by atoms with E-state index in [-0.39, 0.29) is 0 Å². The molecular formula is C23H23BrClNO3. The van der Waals surface area contributed by atoms with Crippen LogP contribution in [0.15, 0.2) is 65.1 Å². The Hall–Kier alpha value is -2.37. The zero-order valence-electron chi connectivity index (χ0n) is 16.4. The molecular weight excluding hydrogens is 454 g/mol. The number of anilines is 1. The third-order valence-electron chi connectivity index (χ3n) is 4.29. The molecule has 3 aromatic carbocycles. The fourth-order valence-electron chi connectivity index (χ4n) is 2.74. The van der Waals surface area contributed by atoms with Gasteiger partial charge in [0, 0.05) is 21.7 Å². The first-order valence-electron chi connectivity index (χ1n) is 9.29. The monoisotopic (exact) mass is 475 g/mol. The summed E-state index contributed by atoms with van der Waals surface area (Å²) in [6.45, 7) is 3.60. The molecule has 0 aliphatic carbocycles. The molecule has 1 N–H and O–H groups in total. The summed E-state index contributed by atoms with van der Waals surface area (Å²) in [5, 5.41) is 4.12. The second-order valence-electron chi connectivity index (χ2n) is 6.32. The molecule has 0 bridgehead atoms. The highest BCUT2D eigenvalue weighted by Gasteiger charge is 2.11. The third kappa shape index (κ3) is 6.05. The number of ether oxygens (including phenoxy) is 3. The van der Waals surface area contributed by atoms with E-state index in [0.29, 0.717) is 30.5 Å². The molecule has 3 rings (SSSR count). The maximum Gasteiger partial charge on any atom is 0.162 e. The summed E-state index contributed by atoms with van der Waals surface area (Å²) in [5.41, 5.74) is 3.13. The molecule has 0 spiro atoms. The standard InChI is InChI=1S/C23H23BrClNO3/c1-3-28-22-12-17(14-26-19-8-10-20(27-2)11-9-19)21(24)13-23(22)29-15-16-4-6-18(25)7-5-16/h4-13,26H,3,14-15H2,1-2H3. The summed E-state index contributed by atoms with van der Waals surface area (Å²) in [7, 11) is 1.66. The van der Waals surface area contributed by atoms with Crippen molar-refractivity contribution in [1.82, 2.24) is 0 Å². The minimum atomic E-state index is 0.438. The van der Waals surface area contributed by atoms with E-state index in [0.717, 1.165) is 32.8 Å². The van der Waals surface area contributed by atoms with Gasteiger partial charge in [-0.3, -0.25) is 0 Å². The molecule has 4 nitrogen and oxygen atoms in total. The predicted octanol–water partition coefficient (Wildman–Crippen LogP) is 6.70. The Labute approximate surface area is 184 Å². The molecule has 0 amide bonds. The minimum absolute atomic E-state index is 0.438. The van der Waals surface area contributed by atoms with Crippen molar-refractivity contribution in [2.45, 2.75) is 20.1 Å². The first-order valence-corrected chi connectivity index (χ1v) is 10.5. The van der Waals surface area contributed by atoms with Crippen LogP contribution in [-0.4, -0.2) is 13.7 Å². The van der Waals surface area contributed by atoms with Gasteiger partial charge in [0.15, 0.2) is 11.5 Å². The lowest BCUT2D eigenvalue weighted by Crippen LogP contribution is -2.04. The number of methoxy groups -OCH3 is 1. The lowest BCUT2D eigenvalue weighted by atomic mass is 10.2. The smallest absolute Gasteiger partial charge is 0.162 e. The average Bonchev–Trinajstić information content (AvgIpc) is 2.74. The first kappa shape index (κ1) is 21.3. The Kier molecular flexibility index (Phi) is 7.67. The Bertz CT molecular complexity index is 930. The van der Waals surface area contributed by atoms with E-state index in [1.165, 1.54) is 0 Å². The summed E-state index contributed by atoms with van der Waals surface area (Å²) >= 11 is 9.59. The molecule has 0 fully saturated rings. The molecule has 0 aliphatic heterocycles. The Morgan fingerprint density at radius 1 is 0.931 bits per heavy atom. The highest BCUT2D eigenvalue weighted by Crippen LogP contribution is 2.35. The molecule has 0 saturated carbocycles. The molecule has 6 heteroatoms. The molecule has 0 saturated heterocycles. The van der Waals surface area contributed by atoms with E-state index in [2.05, 4.69) is 21.2 Å². The fraction of sp³-hybridized carbons (Fsp3) is 0.217. The van der Waals surface area contributed by atoms with Crippen LogP contribution in [0.4, 0.5) is 5.69 Å². The normalized spacial score (nSPS) is 10.5. The second-order valence-corrected chi connectivity index (χ2v) is 7.61. The van der Waals surface area contributed by atoms with Crippen molar-refractivity contribution in [1.29, 1.82) is 0 Å². The third-order valence-corrected chi connectivity index (χ3v) is 5.28. The molecule has 0 atom stereocenters. The lowest BCUT2D eigenvalue weighted by molar-refractivity contribution is 0.269. The molecule has 0 aromatic heterocycles. The van der Waals surface area contributed by atoms with Gasteiger partial charge in [0.25, 0.3) is 0 Å². The molecule has 29 heavy (non-hydrogen) atoms. The van der Waals surface area contributed by atoms with Gasteiger partial charge in [-0.1, -0.05) is 39.7 Å². The van der Waals surface area contributed by atoms with Crippen molar-refractivity contribution in [3.63, 3.8) is 0 Å². The summed E-state index contributed by atoms with van der Waals surface area (Å²) < 4.78 is 18.0. The lowest BCUT2D eigenvalue weighted by Gasteiger charge is -2.16. The molecule has 3 aromatic rings. The number of rotatable bonds is 9. The van der Waals surface area contributed by atoms with E-state index >= 15 is 0 Å².